The zero-order valence-electron chi connectivity index (χ0n) is 10.1. The number of hydrogen-bond donors (Lipinski definition) is 2. The van der Waals surface area contributed by atoms with Crippen molar-refractivity contribution in [3.8, 4) is 0 Å². The van der Waals surface area contributed by atoms with Gasteiger partial charge in [-0.05, 0) is 23.8 Å². The van der Waals surface area contributed by atoms with Crippen LogP contribution in [0.25, 0.3) is 0 Å². The van der Waals surface area contributed by atoms with Crippen molar-refractivity contribution in [1.82, 2.24) is 14.7 Å². The summed E-state index contributed by atoms with van der Waals surface area (Å²) >= 11 is 1.87. The van der Waals surface area contributed by atoms with Gasteiger partial charge in [0.15, 0.2) is 0 Å². The zero-order chi connectivity index (χ0) is 13.0. The molecule has 0 saturated carbocycles. The molecule has 18 heavy (non-hydrogen) atoms. The van der Waals surface area contributed by atoms with E-state index in [2.05, 4.69) is 20.0 Å². The summed E-state index contributed by atoms with van der Waals surface area (Å²) in [5, 5.41) is 2.74. The lowest BCUT2D eigenvalue weighted by molar-refractivity contribution is 0.545. The van der Waals surface area contributed by atoms with Crippen LogP contribution in [-0.4, -0.2) is 43.5 Å². The summed E-state index contributed by atoms with van der Waals surface area (Å²) in [6, 6.07) is 0. The molecule has 0 spiro atoms. The molecule has 6 nitrogen and oxygen atoms in total. The summed E-state index contributed by atoms with van der Waals surface area (Å²) in [5.41, 5.74) is 0. The highest BCUT2D eigenvalue weighted by molar-refractivity contribution is 7.99. The van der Waals surface area contributed by atoms with E-state index in [1.165, 1.54) is 12.4 Å². The molecule has 0 radical (unpaired) electrons. The molecular formula is C10H16N4O2S2. The molecular weight excluding hydrogens is 272 g/mol. The van der Waals surface area contributed by atoms with Crippen molar-refractivity contribution in [1.29, 1.82) is 0 Å². The predicted molar refractivity (Wildman–Crippen MR) is 72.2 cm³/mol. The first-order valence-corrected chi connectivity index (χ1v) is 8.33. The van der Waals surface area contributed by atoms with Gasteiger partial charge < -0.3 is 5.32 Å². The van der Waals surface area contributed by atoms with E-state index in [-0.39, 0.29) is 4.90 Å². The Morgan fingerprint density at radius 2 is 2.17 bits per heavy atom. The summed E-state index contributed by atoms with van der Waals surface area (Å²) in [6.45, 7) is 0.489. The second-order valence-corrected chi connectivity index (χ2v) is 6.99. The van der Waals surface area contributed by atoms with Gasteiger partial charge in [0.05, 0.1) is 12.4 Å². The highest BCUT2D eigenvalue weighted by atomic mass is 32.2. The van der Waals surface area contributed by atoms with Crippen LogP contribution in [0.5, 0.6) is 0 Å². The molecule has 1 aromatic rings. The molecule has 1 atom stereocenters. The molecule has 1 aromatic heterocycles. The summed E-state index contributed by atoms with van der Waals surface area (Å²) in [6.07, 6.45) is 3.69. The molecule has 2 N–H and O–H groups in total. The zero-order valence-corrected chi connectivity index (χ0v) is 11.7. The SMILES string of the molecule is CNc1ncc(S(=O)(=O)NCC2CCSC2)cn1. The standard InChI is InChI=1S/C10H16N4O2S2/c1-11-10-12-5-9(6-13-10)18(15,16)14-4-8-2-3-17-7-8/h5-6,8,14H,2-4,7H2,1H3,(H,11,12,13). The molecule has 0 amide bonds. The normalized spacial score (nSPS) is 19.9. The van der Waals surface area contributed by atoms with E-state index in [1.807, 2.05) is 11.8 Å². The third kappa shape index (κ3) is 3.33. The lowest BCUT2D eigenvalue weighted by Crippen LogP contribution is -2.29. The molecule has 1 saturated heterocycles. The monoisotopic (exact) mass is 288 g/mol. The minimum Gasteiger partial charge on any atom is -0.357 e. The average molecular weight is 288 g/mol. The van der Waals surface area contributed by atoms with Crippen molar-refractivity contribution in [2.24, 2.45) is 5.92 Å². The van der Waals surface area contributed by atoms with Gasteiger partial charge in [0, 0.05) is 13.6 Å². The second kappa shape index (κ2) is 5.85. The number of thioether (sulfide) groups is 1. The van der Waals surface area contributed by atoms with Crippen molar-refractivity contribution >= 4 is 27.7 Å². The third-order valence-corrected chi connectivity index (χ3v) is 5.36. The molecule has 1 aliphatic rings. The maximum absolute atomic E-state index is 12.0. The van der Waals surface area contributed by atoms with Crippen molar-refractivity contribution in [2.75, 3.05) is 30.4 Å². The van der Waals surface area contributed by atoms with Crippen LogP contribution in [0.3, 0.4) is 0 Å². The Kier molecular flexibility index (Phi) is 4.41. The van der Waals surface area contributed by atoms with E-state index in [1.54, 1.807) is 7.05 Å². The van der Waals surface area contributed by atoms with Crippen LogP contribution in [0.4, 0.5) is 5.95 Å². The van der Waals surface area contributed by atoms with Crippen molar-refractivity contribution < 1.29 is 8.42 Å². The average Bonchev–Trinajstić information content (AvgIpc) is 2.90. The summed E-state index contributed by atoms with van der Waals surface area (Å²) in [5.74, 6) is 2.98. The van der Waals surface area contributed by atoms with E-state index in [0.717, 1.165) is 17.9 Å². The van der Waals surface area contributed by atoms with E-state index in [0.29, 0.717) is 18.4 Å². The van der Waals surface area contributed by atoms with Gasteiger partial charge in [-0.3, -0.25) is 0 Å². The Hall–Kier alpha value is -0.860. The van der Waals surface area contributed by atoms with Gasteiger partial charge >= 0.3 is 0 Å². The Bertz CT molecular complexity index is 483. The number of nitrogens with zero attached hydrogens (tertiary/aromatic N) is 2. The van der Waals surface area contributed by atoms with Crippen LogP contribution in [0.1, 0.15) is 6.42 Å². The van der Waals surface area contributed by atoms with Gasteiger partial charge in [-0.1, -0.05) is 0 Å². The Morgan fingerprint density at radius 3 is 2.72 bits per heavy atom. The quantitative estimate of drug-likeness (QED) is 0.823. The maximum atomic E-state index is 12.0. The number of rotatable bonds is 5. The topological polar surface area (TPSA) is 84.0 Å². The van der Waals surface area contributed by atoms with Gasteiger partial charge in [0.2, 0.25) is 16.0 Å². The first-order chi connectivity index (χ1) is 8.62. The van der Waals surface area contributed by atoms with E-state index in [4.69, 9.17) is 0 Å². The molecule has 1 aliphatic heterocycles. The fraction of sp³-hybridized carbons (Fsp3) is 0.600. The predicted octanol–water partition coefficient (Wildman–Crippen LogP) is 0.550. The van der Waals surface area contributed by atoms with Crippen LogP contribution in [0.15, 0.2) is 17.3 Å². The van der Waals surface area contributed by atoms with Crippen molar-refractivity contribution in [3.05, 3.63) is 12.4 Å². The molecule has 100 valence electrons. The van der Waals surface area contributed by atoms with Gasteiger partial charge in [-0.2, -0.15) is 11.8 Å². The smallest absolute Gasteiger partial charge is 0.243 e. The number of anilines is 1. The molecule has 0 aliphatic carbocycles. The Labute approximate surface area is 111 Å². The minimum absolute atomic E-state index is 0.104. The lowest BCUT2D eigenvalue weighted by Gasteiger charge is -2.10. The first kappa shape index (κ1) is 13.6. The fourth-order valence-corrected chi connectivity index (χ4v) is 3.93. The van der Waals surface area contributed by atoms with Crippen LogP contribution < -0.4 is 10.0 Å². The van der Waals surface area contributed by atoms with Gasteiger partial charge in [0.1, 0.15) is 4.90 Å². The Balaban J connectivity index is 2.00. The van der Waals surface area contributed by atoms with Gasteiger partial charge in [-0.25, -0.2) is 23.1 Å². The molecule has 1 unspecified atom stereocenters. The van der Waals surface area contributed by atoms with E-state index < -0.39 is 10.0 Å². The molecule has 1 fully saturated rings. The van der Waals surface area contributed by atoms with Crippen LogP contribution in [0.2, 0.25) is 0 Å². The number of aromatic nitrogens is 2. The van der Waals surface area contributed by atoms with Gasteiger partial charge in [0.25, 0.3) is 0 Å². The summed E-state index contributed by atoms with van der Waals surface area (Å²) < 4.78 is 26.6. The Morgan fingerprint density at radius 1 is 1.44 bits per heavy atom. The molecule has 2 rings (SSSR count). The summed E-state index contributed by atoms with van der Waals surface area (Å²) in [7, 11) is -1.80. The number of nitrogens with one attached hydrogen (secondary N) is 2. The first-order valence-electron chi connectivity index (χ1n) is 5.69. The molecule has 0 bridgehead atoms. The van der Waals surface area contributed by atoms with Crippen molar-refractivity contribution in [2.45, 2.75) is 11.3 Å². The second-order valence-electron chi connectivity index (χ2n) is 4.07. The fourth-order valence-electron chi connectivity index (χ4n) is 1.64. The highest BCUT2D eigenvalue weighted by Crippen LogP contribution is 2.23. The van der Waals surface area contributed by atoms with Crippen LogP contribution in [-0.2, 0) is 10.0 Å². The summed E-state index contributed by atoms with van der Waals surface area (Å²) in [4.78, 5) is 7.90. The van der Waals surface area contributed by atoms with Crippen molar-refractivity contribution in [3.63, 3.8) is 0 Å². The maximum Gasteiger partial charge on any atom is 0.243 e. The number of sulfonamides is 1. The third-order valence-electron chi connectivity index (χ3n) is 2.75. The minimum atomic E-state index is -3.48. The number of hydrogen-bond acceptors (Lipinski definition) is 6. The lowest BCUT2D eigenvalue weighted by atomic mass is 10.1. The molecule has 0 aromatic carbocycles. The van der Waals surface area contributed by atoms with Crippen LogP contribution >= 0.6 is 11.8 Å². The van der Waals surface area contributed by atoms with Gasteiger partial charge in [-0.15, -0.1) is 0 Å². The van der Waals surface area contributed by atoms with E-state index >= 15 is 0 Å². The molecule has 8 heteroatoms. The van der Waals surface area contributed by atoms with Crippen LogP contribution in [0, 0.1) is 5.92 Å². The highest BCUT2D eigenvalue weighted by Gasteiger charge is 2.20. The molecule has 2 heterocycles. The largest absolute Gasteiger partial charge is 0.357 e. The van der Waals surface area contributed by atoms with E-state index in [9.17, 15) is 8.42 Å².